The van der Waals surface area contributed by atoms with E-state index < -0.39 is 11.7 Å². The van der Waals surface area contributed by atoms with E-state index in [0.717, 1.165) is 11.1 Å². The van der Waals surface area contributed by atoms with Crippen molar-refractivity contribution in [1.82, 2.24) is 5.06 Å². The molecule has 0 radical (unpaired) electrons. The summed E-state index contributed by atoms with van der Waals surface area (Å²) < 4.78 is 30.1. The Balaban J connectivity index is 1.93. The molecule has 3 nitrogen and oxygen atoms in total. The van der Waals surface area contributed by atoms with Gasteiger partial charge >= 0.3 is 6.09 Å². The molecule has 3 rings (SSSR count). The molecule has 0 amide bonds. The van der Waals surface area contributed by atoms with Crippen LogP contribution in [0, 0.1) is 0 Å². The van der Waals surface area contributed by atoms with E-state index >= 15 is 0 Å². The number of benzene rings is 2. The molecule has 2 aromatic carbocycles. The molecule has 1 heterocycles. The van der Waals surface area contributed by atoms with Crippen LogP contribution in [-0.2, 0) is 0 Å². The summed E-state index contributed by atoms with van der Waals surface area (Å²) in [6.07, 6.45) is -0.981. The van der Waals surface area contributed by atoms with Gasteiger partial charge in [-0.2, -0.15) is 8.79 Å². The third-order valence-corrected chi connectivity index (χ3v) is 3.37. The van der Waals surface area contributed by atoms with Crippen molar-refractivity contribution in [1.29, 1.82) is 0 Å². The SMILES string of the molecule is FC1=NSC(F)N1Oc1ccccc1-c1ccccc1. The van der Waals surface area contributed by atoms with Crippen molar-refractivity contribution in [3.8, 4) is 16.9 Å². The normalized spacial score (nSPS) is 18.0. The summed E-state index contributed by atoms with van der Waals surface area (Å²) in [6.45, 7) is 0. The number of alkyl halides is 1. The standard InChI is InChI=1S/C14H10F2N2OS/c15-13-17-20-14(16)18(13)19-12-9-5-4-8-11(12)10-6-2-1-3-7-10/h1-9,14H. The van der Waals surface area contributed by atoms with Crippen LogP contribution in [0.1, 0.15) is 0 Å². The van der Waals surface area contributed by atoms with Crippen LogP contribution in [0.3, 0.4) is 0 Å². The Hall–Kier alpha value is -2.08. The van der Waals surface area contributed by atoms with E-state index in [-0.39, 0.29) is 0 Å². The van der Waals surface area contributed by atoms with Gasteiger partial charge in [0.1, 0.15) is 0 Å². The fourth-order valence-electron chi connectivity index (χ4n) is 1.84. The maximum Gasteiger partial charge on any atom is 0.328 e. The third kappa shape index (κ3) is 2.46. The second kappa shape index (κ2) is 5.50. The van der Waals surface area contributed by atoms with Gasteiger partial charge in [-0.1, -0.05) is 48.5 Å². The fraction of sp³-hybridized carbons (Fsp3) is 0.0714. The zero-order chi connectivity index (χ0) is 13.9. The van der Waals surface area contributed by atoms with Crippen LogP contribution in [0.15, 0.2) is 59.0 Å². The quantitative estimate of drug-likeness (QED) is 0.626. The number of hydrogen-bond donors (Lipinski definition) is 0. The summed E-state index contributed by atoms with van der Waals surface area (Å²) in [5.41, 5.74) is -0.0217. The first kappa shape index (κ1) is 12.9. The first-order chi connectivity index (χ1) is 9.75. The van der Waals surface area contributed by atoms with E-state index in [9.17, 15) is 8.78 Å². The first-order valence-electron chi connectivity index (χ1n) is 5.91. The average molecular weight is 292 g/mol. The van der Waals surface area contributed by atoms with Gasteiger partial charge in [0, 0.05) is 17.5 Å². The van der Waals surface area contributed by atoms with Gasteiger partial charge in [0.05, 0.1) is 0 Å². The maximum atomic E-state index is 13.5. The Bertz CT molecular complexity index is 636. The maximum absolute atomic E-state index is 13.5. The number of amidine groups is 1. The van der Waals surface area contributed by atoms with Crippen molar-refractivity contribution in [3.05, 3.63) is 54.6 Å². The van der Waals surface area contributed by atoms with E-state index in [0.29, 0.717) is 22.8 Å². The van der Waals surface area contributed by atoms with E-state index in [1.807, 2.05) is 42.5 Å². The molecule has 0 spiro atoms. The molecule has 0 saturated carbocycles. The Kier molecular flexibility index (Phi) is 3.56. The van der Waals surface area contributed by atoms with Crippen LogP contribution in [0.25, 0.3) is 11.1 Å². The van der Waals surface area contributed by atoms with Gasteiger partial charge < -0.3 is 4.84 Å². The van der Waals surface area contributed by atoms with Crippen LogP contribution in [0.4, 0.5) is 8.78 Å². The Morgan fingerprint density at radius 2 is 1.75 bits per heavy atom. The van der Waals surface area contributed by atoms with Crippen LogP contribution < -0.4 is 4.84 Å². The summed E-state index contributed by atoms with van der Waals surface area (Å²) >= 11 is 0.482. The van der Waals surface area contributed by atoms with Crippen LogP contribution in [0.2, 0.25) is 0 Å². The summed E-state index contributed by atoms with van der Waals surface area (Å²) in [7, 11) is 0. The Labute approximate surface area is 119 Å². The largest absolute Gasteiger partial charge is 0.372 e. The van der Waals surface area contributed by atoms with E-state index in [1.54, 1.807) is 12.1 Å². The molecule has 1 aliphatic rings. The molecule has 0 aromatic heterocycles. The lowest BCUT2D eigenvalue weighted by atomic mass is 10.1. The van der Waals surface area contributed by atoms with Crippen molar-refractivity contribution in [2.75, 3.05) is 0 Å². The molecule has 2 aromatic rings. The van der Waals surface area contributed by atoms with Gasteiger partial charge in [-0.15, -0.1) is 5.06 Å². The van der Waals surface area contributed by atoms with E-state index in [1.165, 1.54) is 0 Å². The molecule has 0 fully saturated rings. The van der Waals surface area contributed by atoms with E-state index in [4.69, 9.17) is 4.84 Å². The van der Waals surface area contributed by atoms with Crippen molar-refractivity contribution >= 4 is 18.0 Å². The highest BCUT2D eigenvalue weighted by Crippen LogP contribution is 2.34. The molecule has 1 aliphatic heterocycles. The molecule has 0 bridgehead atoms. The molecular weight excluding hydrogens is 282 g/mol. The average Bonchev–Trinajstić information content (AvgIpc) is 2.81. The third-order valence-electron chi connectivity index (χ3n) is 2.75. The molecule has 0 saturated heterocycles. The lowest BCUT2D eigenvalue weighted by molar-refractivity contribution is -0.0389. The van der Waals surface area contributed by atoms with Gasteiger partial charge in [-0.25, -0.2) is 4.39 Å². The summed E-state index contributed by atoms with van der Waals surface area (Å²) in [5, 5.41) is 0.520. The summed E-state index contributed by atoms with van der Waals surface area (Å²) in [4.78, 5) is 5.32. The molecular formula is C14H10F2N2OS. The van der Waals surface area contributed by atoms with Gasteiger partial charge in [-0.3, -0.25) is 0 Å². The molecule has 20 heavy (non-hydrogen) atoms. The molecule has 0 aliphatic carbocycles. The number of hydroxylamine groups is 2. The van der Waals surface area contributed by atoms with Crippen LogP contribution >= 0.6 is 11.9 Å². The van der Waals surface area contributed by atoms with Crippen molar-refractivity contribution < 1.29 is 13.6 Å². The number of hydrogen-bond acceptors (Lipinski definition) is 4. The zero-order valence-corrected chi connectivity index (χ0v) is 11.1. The smallest absolute Gasteiger partial charge is 0.328 e. The molecule has 1 atom stereocenters. The summed E-state index contributed by atoms with van der Waals surface area (Å²) in [5.74, 6) is 0.370. The lowest BCUT2D eigenvalue weighted by Crippen LogP contribution is -2.32. The minimum absolute atomic E-state index is 0.370. The predicted octanol–water partition coefficient (Wildman–Crippen LogP) is 4.19. The van der Waals surface area contributed by atoms with Crippen LogP contribution in [0.5, 0.6) is 5.75 Å². The van der Waals surface area contributed by atoms with E-state index in [2.05, 4.69) is 4.40 Å². The van der Waals surface area contributed by atoms with Crippen molar-refractivity contribution in [3.63, 3.8) is 0 Å². The highest BCUT2D eigenvalue weighted by molar-refractivity contribution is 7.98. The van der Waals surface area contributed by atoms with Gasteiger partial charge in [0.25, 0.3) is 5.63 Å². The minimum atomic E-state index is -1.68. The topological polar surface area (TPSA) is 24.8 Å². The number of nitrogens with zero attached hydrogens (tertiary/aromatic N) is 2. The lowest BCUT2D eigenvalue weighted by Gasteiger charge is -2.19. The Morgan fingerprint density at radius 1 is 1.05 bits per heavy atom. The van der Waals surface area contributed by atoms with Gasteiger partial charge in [-0.05, 0) is 11.6 Å². The van der Waals surface area contributed by atoms with Gasteiger partial charge in [0.15, 0.2) is 5.75 Å². The number of para-hydroxylation sites is 1. The predicted molar refractivity (Wildman–Crippen MR) is 75.4 cm³/mol. The van der Waals surface area contributed by atoms with Gasteiger partial charge in [0.2, 0.25) is 0 Å². The molecule has 102 valence electrons. The van der Waals surface area contributed by atoms with Crippen LogP contribution in [-0.4, -0.2) is 16.8 Å². The first-order valence-corrected chi connectivity index (χ1v) is 6.74. The number of rotatable bonds is 3. The molecule has 0 N–H and O–H groups in total. The second-order valence-corrected chi connectivity index (χ2v) is 4.82. The van der Waals surface area contributed by atoms with Crippen molar-refractivity contribution in [2.45, 2.75) is 5.63 Å². The van der Waals surface area contributed by atoms with Crippen molar-refractivity contribution in [2.24, 2.45) is 4.40 Å². The molecule has 6 heteroatoms. The monoisotopic (exact) mass is 292 g/mol. The second-order valence-electron chi connectivity index (χ2n) is 4.04. The molecule has 1 unspecified atom stereocenters. The summed E-state index contributed by atoms with van der Waals surface area (Å²) in [6, 6.07) is 16.5. The zero-order valence-electron chi connectivity index (χ0n) is 10.2. The Morgan fingerprint density at radius 3 is 2.45 bits per heavy atom. The highest BCUT2D eigenvalue weighted by atomic mass is 32.2. The highest BCUT2D eigenvalue weighted by Gasteiger charge is 2.32. The number of halogens is 2. The minimum Gasteiger partial charge on any atom is -0.372 e. The fourth-order valence-corrected chi connectivity index (χ4v) is 2.31.